The average Bonchev–Trinajstić information content (AvgIpc) is 2.93. The Morgan fingerprint density at radius 3 is 2.62 bits per heavy atom. The highest BCUT2D eigenvalue weighted by Crippen LogP contribution is 2.21. The van der Waals surface area contributed by atoms with E-state index in [4.69, 9.17) is 4.84 Å². The number of nitrogens with zero attached hydrogens (tertiary/aromatic N) is 4. The molecule has 116 valence electrons. The second-order valence-corrected chi connectivity index (χ2v) is 6.33. The summed E-state index contributed by atoms with van der Waals surface area (Å²) in [7, 11) is 1.70. The zero-order chi connectivity index (χ0) is 15.5. The third-order valence-electron chi connectivity index (χ3n) is 3.76. The van der Waals surface area contributed by atoms with Crippen LogP contribution in [0.15, 0.2) is 35.6 Å². The van der Waals surface area contributed by atoms with Gasteiger partial charge in [-0.1, -0.05) is 18.2 Å². The Balaban J connectivity index is 1.89. The third kappa shape index (κ3) is 4.00. The number of para-hydroxylation sites is 1. The van der Waals surface area contributed by atoms with E-state index in [1.54, 1.807) is 7.05 Å². The number of rotatable bonds is 4. The van der Waals surface area contributed by atoms with Crippen LogP contribution in [-0.2, 0) is 4.84 Å². The maximum Gasteiger partial charge on any atom is 0.233 e. The molecule has 1 aromatic rings. The molecular weight excluding hydrogens is 268 g/mol. The number of hydrogen-bond acceptors (Lipinski definition) is 4. The van der Waals surface area contributed by atoms with Gasteiger partial charge < -0.3 is 14.9 Å². The van der Waals surface area contributed by atoms with Crippen molar-refractivity contribution in [3.05, 3.63) is 35.5 Å². The first-order chi connectivity index (χ1) is 9.88. The standard InChI is InChI=1S/C15H24N4O2/c1-15(2,3)17(4)19(20)16-21-14-10-11-18(12-14)13-8-6-5-7-9-13/h5-9,14H,10-12H2,1-4H3/b19-16+/t14-/m1/s1. The van der Waals surface area contributed by atoms with Crippen molar-refractivity contribution in [3.63, 3.8) is 0 Å². The molecule has 1 saturated heterocycles. The first-order valence-corrected chi connectivity index (χ1v) is 7.25. The molecule has 1 heterocycles. The predicted octanol–water partition coefficient (Wildman–Crippen LogP) is 2.80. The lowest BCUT2D eigenvalue weighted by Gasteiger charge is -2.26. The molecule has 0 N–H and O–H groups in total. The van der Waals surface area contributed by atoms with Gasteiger partial charge >= 0.3 is 0 Å². The van der Waals surface area contributed by atoms with Gasteiger partial charge in [0.2, 0.25) is 5.28 Å². The molecule has 2 rings (SSSR count). The summed E-state index contributed by atoms with van der Waals surface area (Å²) in [6.45, 7) is 7.50. The van der Waals surface area contributed by atoms with Crippen LogP contribution in [0, 0.1) is 5.21 Å². The van der Waals surface area contributed by atoms with Gasteiger partial charge in [-0.3, -0.25) is 0 Å². The first-order valence-electron chi connectivity index (χ1n) is 7.25. The lowest BCUT2D eigenvalue weighted by Crippen LogP contribution is -2.42. The van der Waals surface area contributed by atoms with Crippen molar-refractivity contribution >= 4 is 5.69 Å². The van der Waals surface area contributed by atoms with Gasteiger partial charge in [0.15, 0.2) is 6.10 Å². The Morgan fingerprint density at radius 1 is 1.33 bits per heavy atom. The summed E-state index contributed by atoms with van der Waals surface area (Å²) in [4.78, 5) is 8.15. The van der Waals surface area contributed by atoms with E-state index < -0.39 is 0 Å². The molecule has 0 bridgehead atoms. The van der Waals surface area contributed by atoms with Crippen molar-refractivity contribution < 1.29 is 9.81 Å². The molecule has 1 atom stereocenters. The average molecular weight is 292 g/mol. The number of benzene rings is 1. The molecule has 0 spiro atoms. The molecule has 0 amide bonds. The lowest BCUT2D eigenvalue weighted by molar-refractivity contribution is -0.720. The quantitative estimate of drug-likeness (QED) is 0.486. The maximum atomic E-state index is 11.8. The summed E-state index contributed by atoms with van der Waals surface area (Å²) in [5.41, 5.74) is 0.884. The van der Waals surface area contributed by atoms with Crippen molar-refractivity contribution in [2.45, 2.75) is 38.8 Å². The van der Waals surface area contributed by atoms with E-state index in [9.17, 15) is 5.21 Å². The largest absolute Gasteiger partial charge is 0.569 e. The zero-order valence-corrected chi connectivity index (χ0v) is 13.2. The molecule has 6 nitrogen and oxygen atoms in total. The van der Waals surface area contributed by atoms with Crippen LogP contribution in [0.3, 0.4) is 0 Å². The van der Waals surface area contributed by atoms with Crippen LogP contribution in [0.2, 0.25) is 0 Å². The summed E-state index contributed by atoms with van der Waals surface area (Å²) in [6.07, 6.45) is 0.820. The molecule has 1 fully saturated rings. The van der Waals surface area contributed by atoms with Crippen LogP contribution >= 0.6 is 0 Å². The van der Waals surface area contributed by atoms with Gasteiger partial charge in [-0.15, -0.1) is 5.01 Å². The Bertz CT molecular complexity index is 484. The normalized spacial score (nSPS) is 19.7. The SMILES string of the molecule is CN(/[N+]([O-])=N\O[C@@H]1CCN(c2ccccc2)C1)C(C)(C)C. The van der Waals surface area contributed by atoms with E-state index in [0.717, 1.165) is 19.5 Å². The Morgan fingerprint density at radius 2 is 2.00 bits per heavy atom. The van der Waals surface area contributed by atoms with Crippen LogP contribution in [0.25, 0.3) is 0 Å². The summed E-state index contributed by atoms with van der Waals surface area (Å²) in [5, 5.41) is 17.0. The highest BCUT2D eigenvalue weighted by atomic mass is 16.7. The van der Waals surface area contributed by atoms with E-state index in [1.807, 2.05) is 39.0 Å². The van der Waals surface area contributed by atoms with Crippen molar-refractivity contribution in [2.24, 2.45) is 5.28 Å². The Kier molecular flexibility index (Phi) is 4.55. The van der Waals surface area contributed by atoms with E-state index in [2.05, 4.69) is 22.3 Å². The van der Waals surface area contributed by atoms with Crippen LogP contribution in [-0.4, -0.2) is 41.8 Å². The minimum atomic E-state index is -0.291. The van der Waals surface area contributed by atoms with E-state index in [-0.39, 0.29) is 11.6 Å². The highest BCUT2D eigenvalue weighted by molar-refractivity contribution is 5.47. The molecule has 0 unspecified atom stereocenters. The summed E-state index contributed by atoms with van der Waals surface area (Å²) < 4.78 is 0. The van der Waals surface area contributed by atoms with Crippen LogP contribution < -0.4 is 4.90 Å². The summed E-state index contributed by atoms with van der Waals surface area (Å²) >= 11 is 0. The number of hydrazine groups is 1. The monoisotopic (exact) mass is 292 g/mol. The summed E-state index contributed by atoms with van der Waals surface area (Å²) in [6, 6.07) is 10.2. The first kappa shape index (κ1) is 15.4. The fourth-order valence-corrected chi connectivity index (χ4v) is 2.11. The maximum absolute atomic E-state index is 11.8. The molecule has 1 aliphatic heterocycles. The smallest absolute Gasteiger partial charge is 0.233 e. The molecule has 0 aromatic heterocycles. The van der Waals surface area contributed by atoms with Gasteiger partial charge in [0.05, 0.1) is 24.1 Å². The lowest BCUT2D eigenvalue weighted by atomic mass is 10.1. The molecular formula is C15H24N4O2. The third-order valence-corrected chi connectivity index (χ3v) is 3.76. The molecule has 0 radical (unpaired) electrons. The number of hydrogen-bond donors (Lipinski definition) is 0. The van der Waals surface area contributed by atoms with E-state index in [0.29, 0.717) is 4.97 Å². The van der Waals surface area contributed by atoms with Crippen molar-refractivity contribution in [1.29, 1.82) is 0 Å². The fraction of sp³-hybridized carbons (Fsp3) is 0.600. The van der Waals surface area contributed by atoms with Crippen molar-refractivity contribution in [2.75, 3.05) is 25.0 Å². The van der Waals surface area contributed by atoms with Gasteiger partial charge in [0, 0.05) is 18.7 Å². The molecule has 21 heavy (non-hydrogen) atoms. The molecule has 1 aliphatic rings. The van der Waals surface area contributed by atoms with Gasteiger partial charge in [-0.05, 0) is 32.9 Å². The zero-order valence-electron chi connectivity index (χ0n) is 13.2. The minimum Gasteiger partial charge on any atom is -0.569 e. The van der Waals surface area contributed by atoms with Crippen LogP contribution in [0.1, 0.15) is 27.2 Å². The Hall–Kier alpha value is -1.98. The van der Waals surface area contributed by atoms with Crippen molar-refractivity contribution in [1.82, 2.24) is 5.01 Å². The van der Waals surface area contributed by atoms with Crippen LogP contribution in [0.4, 0.5) is 5.69 Å². The van der Waals surface area contributed by atoms with E-state index >= 15 is 0 Å². The topological polar surface area (TPSA) is 54.1 Å². The second kappa shape index (κ2) is 6.20. The van der Waals surface area contributed by atoms with Gasteiger partial charge in [0.1, 0.15) is 0 Å². The molecule has 0 aliphatic carbocycles. The van der Waals surface area contributed by atoms with Gasteiger partial charge in [-0.2, -0.15) is 0 Å². The van der Waals surface area contributed by atoms with Crippen LogP contribution in [0.5, 0.6) is 0 Å². The summed E-state index contributed by atoms with van der Waals surface area (Å²) in [5.74, 6) is 0. The molecule has 6 heteroatoms. The van der Waals surface area contributed by atoms with E-state index in [1.165, 1.54) is 10.7 Å². The predicted molar refractivity (Wildman–Crippen MR) is 81.7 cm³/mol. The highest BCUT2D eigenvalue weighted by Gasteiger charge is 2.27. The van der Waals surface area contributed by atoms with Gasteiger partial charge in [0.25, 0.3) is 0 Å². The van der Waals surface area contributed by atoms with Crippen molar-refractivity contribution in [3.8, 4) is 0 Å². The number of anilines is 1. The second-order valence-electron chi connectivity index (χ2n) is 6.33. The molecule has 0 saturated carbocycles. The Labute approximate surface area is 126 Å². The molecule has 1 aromatic carbocycles. The van der Waals surface area contributed by atoms with Gasteiger partial charge in [-0.25, -0.2) is 0 Å². The minimum absolute atomic E-state index is 0.0463. The fourth-order valence-electron chi connectivity index (χ4n) is 2.11.